The molecule has 1 N–H and O–H groups in total. The van der Waals surface area contributed by atoms with Crippen LogP contribution in [0.4, 0.5) is 4.79 Å². The molecule has 6 heteroatoms. The second-order valence-corrected chi connectivity index (χ2v) is 7.52. The number of rotatable bonds is 6. The molecule has 0 bridgehead atoms. The molecular formula is C18H29N3O2S. The molecule has 1 heterocycles. The lowest BCUT2D eigenvalue weighted by Crippen LogP contribution is -2.51. The lowest BCUT2D eigenvalue weighted by molar-refractivity contribution is 0.168. The van der Waals surface area contributed by atoms with E-state index < -0.39 is 0 Å². The number of carbonyl (C=O) groups is 1. The highest BCUT2D eigenvalue weighted by molar-refractivity contribution is 7.99. The molecule has 1 aromatic rings. The van der Waals surface area contributed by atoms with Crippen molar-refractivity contribution in [3.05, 3.63) is 29.8 Å². The van der Waals surface area contributed by atoms with Crippen LogP contribution in [0, 0.1) is 0 Å². The van der Waals surface area contributed by atoms with Gasteiger partial charge in [-0.1, -0.05) is 12.1 Å². The van der Waals surface area contributed by atoms with Crippen molar-refractivity contribution in [2.75, 3.05) is 52.3 Å². The number of nitrogens with zero attached hydrogens (tertiary/aromatic N) is 2. The summed E-state index contributed by atoms with van der Waals surface area (Å²) in [4.78, 5) is 16.8. The Balaban J connectivity index is 1.84. The van der Waals surface area contributed by atoms with Crippen LogP contribution in [0.5, 0.6) is 5.75 Å². The van der Waals surface area contributed by atoms with Crippen molar-refractivity contribution in [1.29, 1.82) is 0 Å². The van der Waals surface area contributed by atoms with Crippen molar-refractivity contribution in [3.63, 3.8) is 0 Å². The molecule has 24 heavy (non-hydrogen) atoms. The summed E-state index contributed by atoms with van der Waals surface area (Å²) in [6, 6.07) is 8.35. The number of nitrogens with one attached hydrogen (secondary N) is 1. The Morgan fingerprint density at radius 2 is 2.12 bits per heavy atom. The number of carbonyl (C=O) groups excluding carboxylic acids is 1. The first kappa shape index (κ1) is 18.9. The molecule has 0 radical (unpaired) electrons. The maximum Gasteiger partial charge on any atom is 0.317 e. The van der Waals surface area contributed by atoms with Crippen LogP contribution in [0.3, 0.4) is 0 Å². The fourth-order valence-electron chi connectivity index (χ4n) is 2.88. The molecule has 2 amide bonds. The van der Waals surface area contributed by atoms with E-state index >= 15 is 0 Å². The van der Waals surface area contributed by atoms with Gasteiger partial charge in [0.15, 0.2) is 0 Å². The van der Waals surface area contributed by atoms with E-state index in [1.54, 1.807) is 7.11 Å². The van der Waals surface area contributed by atoms with E-state index in [0.29, 0.717) is 6.54 Å². The van der Waals surface area contributed by atoms with Crippen LogP contribution in [0.25, 0.3) is 0 Å². The zero-order valence-electron chi connectivity index (χ0n) is 15.0. The first-order valence-electron chi connectivity index (χ1n) is 8.50. The molecule has 0 spiro atoms. The molecule has 1 saturated heterocycles. The fourth-order valence-corrected chi connectivity index (χ4v) is 3.93. The predicted octanol–water partition coefficient (Wildman–Crippen LogP) is 2.32. The van der Waals surface area contributed by atoms with Gasteiger partial charge >= 0.3 is 6.03 Å². The smallest absolute Gasteiger partial charge is 0.317 e. The molecule has 5 nitrogen and oxygen atoms in total. The molecule has 1 atom stereocenters. The summed E-state index contributed by atoms with van der Waals surface area (Å²) in [5.74, 6) is 3.01. The summed E-state index contributed by atoms with van der Waals surface area (Å²) in [5.41, 5.74) is 1.20. The maximum atomic E-state index is 12.6. The van der Waals surface area contributed by atoms with Gasteiger partial charge in [0.05, 0.1) is 13.2 Å². The molecular weight excluding hydrogens is 322 g/mol. The van der Waals surface area contributed by atoms with Crippen LogP contribution >= 0.6 is 11.8 Å². The summed E-state index contributed by atoms with van der Waals surface area (Å²) in [5, 5.41) is 3.09. The molecule has 2 rings (SSSR count). The third-order valence-electron chi connectivity index (χ3n) is 4.12. The standard InChI is InChI=1S/C18H29N3O2S/c1-20(2)13-16-14-24-12-4-11-21(16)18(22)19-10-9-15-5-7-17(23-3)8-6-15/h5-8,16H,4,9-14H2,1-3H3,(H,19,22). The van der Waals surface area contributed by atoms with E-state index in [4.69, 9.17) is 4.74 Å². The van der Waals surface area contributed by atoms with Crippen molar-refractivity contribution in [1.82, 2.24) is 15.1 Å². The van der Waals surface area contributed by atoms with E-state index in [1.807, 2.05) is 40.9 Å². The Labute approximate surface area is 149 Å². The average molecular weight is 352 g/mol. The van der Waals surface area contributed by atoms with E-state index in [2.05, 4.69) is 24.3 Å². The largest absolute Gasteiger partial charge is 0.497 e. The third kappa shape index (κ3) is 5.91. The minimum Gasteiger partial charge on any atom is -0.497 e. The molecule has 1 aromatic carbocycles. The molecule has 1 unspecified atom stereocenters. The lowest BCUT2D eigenvalue weighted by Gasteiger charge is -2.31. The second kappa shape index (κ2) is 9.79. The zero-order chi connectivity index (χ0) is 17.4. The number of thioether (sulfide) groups is 1. The summed E-state index contributed by atoms with van der Waals surface area (Å²) in [7, 11) is 5.80. The van der Waals surface area contributed by atoms with E-state index in [-0.39, 0.29) is 12.1 Å². The van der Waals surface area contributed by atoms with Crippen molar-refractivity contribution in [3.8, 4) is 5.75 Å². The molecule has 0 aliphatic carbocycles. The van der Waals surface area contributed by atoms with Crippen LogP contribution < -0.4 is 10.1 Å². The van der Waals surface area contributed by atoms with Gasteiger partial charge < -0.3 is 19.9 Å². The fraction of sp³-hybridized carbons (Fsp3) is 0.611. The van der Waals surface area contributed by atoms with Crippen molar-refractivity contribution in [2.24, 2.45) is 0 Å². The van der Waals surface area contributed by atoms with Gasteiger partial charge in [-0.25, -0.2) is 4.79 Å². The summed E-state index contributed by atoms with van der Waals surface area (Å²) in [6.45, 7) is 2.42. The van der Waals surface area contributed by atoms with Crippen LogP contribution in [0.15, 0.2) is 24.3 Å². The lowest BCUT2D eigenvalue weighted by atomic mass is 10.1. The van der Waals surface area contributed by atoms with Gasteiger partial charge in [-0.3, -0.25) is 0 Å². The monoisotopic (exact) mass is 351 g/mol. The van der Waals surface area contributed by atoms with Gasteiger partial charge in [0.1, 0.15) is 5.75 Å². The van der Waals surface area contributed by atoms with Gasteiger partial charge in [0, 0.05) is 25.4 Å². The maximum absolute atomic E-state index is 12.6. The Bertz CT molecular complexity index is 507. The van der Waals surface area contributed by atoms with Crippen LogP contribution in [-0.4, -0.2) is 74.2 Å². The molecule has 134 valence electrons. The number of benzene rings is 1. The SMILES string of the molecule is COc1ccc(CCNC(=O)N2CCCSCC2CN(C)C)cc1. The van der Waals surface area contributed by atoms with Crippen molar-refractivity contribution in [2.45, 2.75) is 18.9 Å². The number of hydrogen-bond acceptors (Lipinski definition) is 4. The molecule has 1 aliphatic heterocycles. The van der Waals surface area contributed by atoms with Crippen LogP contribution in [0.1, 0.15) is 12.0 Å². The molecule has 0 aromatic heterocycles. The van der Waals surface area contributed by atoms with Crippen LogP contribution in [-0.2, 0) is 6.42 Å². The van der Waals surface area contributed by atoms with Gasteiger partial charge in [-0.05, 0) is 50.4 Å². The first-order valence-corrected chi connectivity index (χ1v) is 9.65. The van der Waals surface area contributed by atoms with E-state index in [1.165, 1.54) is 5.56 Å². The number of ether oxygens (including phenoxy) is 1. The van der Waals surface area contributed by atoms with Crippen LogP contribution in [0.2, 0.25) is 0 Å². The summed E-state index contributed by atoms with van der Waals surface area (Å²) < 4.78 is 5.16. The number of likely N-dealkylation sites (N-methyl/N-ethyl adjacent to an activating group) is 1. The molecule has 1 fully saturated rings. The predicted molar refractivity (Wildman–Crippen MR) is 101 cm³/mol. The minimum absolute atomic E-state index is 0.0675. The Morgan fingerprint density at radius 1 is 1.38 bits per heavy atom. The minimum atomic E-state index is 0.0675. The van der Waals surface area contributed by atoms with E-state index in [0.717, 1.165) is 43.2 Å². The second-order valence-electron chi connectivity index (χ2n) is 6.37. The van der Waals surface area contributed by atoms with Gasteiger partial charge in [0.25, 0.3) is 0 Å². The van der Waals surface area contributed by atoms with Gasteiger partial charge in [-0.15, -0.1) is 0 Å². The highest BCUT2D eigenvalue weighted by atomic mass is 32.2. The number of methoxy groups -OCH3 is 1. The molecule has 1 aliphatic rings. The summed E-state index contributed by atoms with van der Waals surface area (Å²) >= 11 is 1.95. The number of urea groups is 1. The number of hydrogen-bond donors (Lipinski definition) is 1. The third-order valence-corrected chi connectivity index (χ3v) is 5.32. The zero-order valence-corrected chi connectivity index (χ0v) is 15.8. The normalized spacial score (nSPS) is 18.3. The Kier molecular flexibility index (Phi) is 7.72. The first-order chi connectivity index (χ1) is 11.6. The average Bonchev–Trinajstić information content (AvgIpc) is 2.80. The topological polar surface area (TPSA) is 44.8 Å². The molecule has 0 saturated carbocycles. The van der Waals surface area contributed by atoms with Crippen molar-refractivity contribution < 1.29 is 9.53 Å². The highest BCUT2D eigenvalue weighted by Crippen LogP contribution is 2.17. The van der Waals surface area contributed by atoms with E-state index in [9.17, 15) is 4.79 Å². The van der Waals surface area contributed by atoms with Crippen molar-refractivity contribution >= 4 is 17.8 Å². The Hall–Kier alpha value is -1.40. The number of amides is 2. The quantitative estimate of drug-likeness (QED) is 0.854. The van der Waals surface area contributed by atoms with Gasteiger partial charge in [-0.2, -0.15) is 11.8 Å². The summed E-state index contributed by atoms with van der Waals surface area (Å²) in [6.07, 6.45) is 1.90. The van der Waals surface area contributed by atoms with Gasteiger partial charge in [0.2, 0.25) is 0 Å². The Morgan fingerprint density at radius 3 is 2.79 bits per heavy atom. The highest BCUT2D eigenvalue weighted by Gasteiger charge is 2.25.